The van der Waals surface area contributed by atoms with Crippen LogP contribution in [0.2, 0.25) is 0 Å². The van der Waals surface area contributed by atoms with E-state index in [1.807, 2.05) is 19.2 Å². The summed E-state index contributed by atoms with van der Waals surface area (Å²) >= 11 is 0. The van der Waals surface area contributed by atoms with Gasteiger partial charge in [0.1, 0.15) is 11.6 Å². The fourth-order valence-corrected chi connectivity index (χ4v) is 2.44. The maximum absolute atomic E-state index is 6.02. The molecule has 0 aliphatic heterocycles. The molecule has 21 heavy (non-hydrogen) atoms. The normalized spacial score (nSPS) is 10.8. The fraction of sp³-hybridized carbons (Fsp3) is 0.176. The number of nitrogen functional groups attached to an aromatic ring is 1. The van der Waals surface area contributed by atoms with Crippen LogP contribution in [0.4, 0.5) is 5.82 Å². The molecule has 0 atom stereocenters. The molecule has 2 N–H and O–H groups in total. The second-order valence-electron chi connectivity index (χ2n) is 5.27. The SMILES string of the molecule is Cc1ccc(C)c(-c2cnc(N)c(-c3cnoc3C)c2)c1. The first kappa shape index (κ1) is 13.4. The molecule has 0 saturated carbocycles. The number of nitrogens with two attached hydrogens (primary N) is 1. The number of hydrogen-bond donors (Lipinski definition) is 1. The summed E-state index contributed by atoms with van der Waals surface area (Å²) in [5.74, 6) is 1.22. The van der Waals surface area contributed by atoms with E-state index in [0.717, 1.165) is 28.0 Å². The number of pyridine rings is 1. The molecule has 0 radical (unpaired) electrons. The van der Waals surface area contributed by atoms with Gasteiger partial charge in [-0.2, -0.15) is 0 Å². The third-order valence-corrected chi connectivity index (χ3v) is 3.66. The van der Waals surface area contributed by atoms with Gasteiger partial charge in [0.2, 0.25) is 0 Å². The van der Waals surface area contributed by atoms with Crippen molar-refractivity contribution in [2.24, 2.45) is 0 Å². The Morgan fingerprint density at radius 1 is 0.952 bits per heavy atom. The van der Waals surface area contributed by atoms with Crippen LogP contribution in [0.5, 0.6) is 0 Å². The van der Waals surface area contributed by atoms with Crippen molar-refractivity contribution in [2.75, 3.05) is 5.73 Å². The Morgan fingerprint density at radius 3 is 2.48 bits per heavy atom. The lowest BCUT2D eigenvalue weighted by atomic mass is 9.97. The summed E-state index contributed by atoms with van der Waals surface area (Å²) in [7, 11) is 0. The summed E-state index contributed by atoms with van der Waals surface area (Å²) in [5.41, 5.74) is 12.4. The van der Waals surface area contributed by atoms with Crippen molar-refractivity contribution >= 4 is 5.82 Å². The van der Waals surface area contributed by atoms with E-state index in [4.69, 9.17) is 10.3 Å². The van der Waals surface area contributed by atoms with Crippen LogP contribution in [0.3, 0.4) is 0 Å². The van der Waals surface area contributed by atoms with Crippen LogP contribution >= 0.6 is 0 Å². The van der Waals surface area contributed by atoms with E-state index in [1.165, 1.54) is 11.1 Å². The smallest absolute Gasteiger partial charge is 0.141 e. The van der Waals surface area contributed by atoms with E-state index in [1.54, 1.807) is 6.20 Å². The van der Waals surface area contributed by atoms with Gasteiger partial charge in [0.05, 0.1) is 6.20 Å². The zero-order valence-electron chi connectivity index (χ0n) is 12.3. The van der Waals surface area contributed by atoms with E-state index in [2.05, 4.69) is 42.2 Å². The highest BCUT2D eigenvalue weighted by Crippen LogP contribution is 2.32. The number of nitrogens with zero attached hydrogens (tertiary/aromatic N) is 2. The molecule has 4 nitrogen and oxygen atoms in total. The number of anilines is 1. The average Bonchev–Trinajstić information content (AvgIpc) is 2.88. The second-order valence-corrected chi connectivity index (χ2v) is 5.27. The molecule has 0 spiro atoms. The van der Waals surface area contributed by atoms with Crippen LogP contribution in [0.1, 0.15) is 16.9 Å². The highest BCUT2D eigenvalue weighted by atomic mass is 16.5. The third-order valence-electron chi connectivity index (χ3n) is 3.66. The van der Waals surface area contributed by atoms with E-state index < -0.39 is 0 Å². The van der Waals surface area contributed by atoms with Gasteiger partial charge in [0, 0.05) is 22.9 Å². The Bertz CT molecular complexity index is 806. The Morgan fingerprint density at radius 2 is 1.76 bits per heavy atom. The van der Waals surface area contributed by atoms with Gasteiger partial charge in [-0.3, -0.25) is 0 Å². The van der Waals surface area contributed by atoms with Crippen LogP contribution in [-0.4, -0.2) is 10.1 Å². The van der Waals surface area contributed by atoms with E-state index >= 15 is 0 Å². The number of rotatable bonds is 2. The minimum atomic E-state index is 0.482. The van der Waals surface area contributed by atoms with E-state index in [9.17, 15) is 0 Å². The predicted molar refractivity (Wildman–Crippen MR) is 83.8 cm³/mol. The molecule has 0 unspecified atom stereocenters. The lowest BCUT2D eigenvalue weighted by Crippen LogP contribution is -1.96. The lowest BCUT2D eigenvalue weighted by molar-refractivity contribution is 0.398. The van der Waals surface area contributed by atoms with Gasteiger partial charge in [-0.25, -0.2) is 4.98 Å². The van der Waals surface area contributed by atoms with E-state index in [-0.39, 0.29) is 0 Å². The maximum Gasteiger partial charge on any atom is 0.141 e. The highest BCUT2D eigenvalue weighted by Gasteiger charge is 2.13. The summed E-state index contributed by atoms with van der Waals surface area (Å²) in [5, 5.41) is 3.81. The topological polar surface area (TPSA) is 64.9 Å². The maximum atomic E-state index is 6.02. The Hall–Kier alpha value is -2.62. The quantitative estimate of drug-likeness (QED) is 0.772. The molecular weight excluding hydrogens is 262 g/mol. The first-order valence-corrected chi connectivity index (χ1v) is 6.81. The molecule has 0 fully saturated rings. The molecule has 0 saturated heterocycles. The molecule has 0 amide bonds. The van der Waals surface area contributed by atoms with Gasteiger partial charge in [0.25, 0.3) is 0 Å². The fourth-order valence-electron chi connectivity index (χ4n) is 2.44. The monoisotopic (exact) mass is 279 g/mol. The Kier molecular flexibility index (Phi) is 3.22. The average molecular weight is 279 g/mol. The third kappa shape index (κ3) is 2.40. The summed E-state index contributed by atoms with van der Waals surface area (Å²) in [6, 6.07) is 8.43. The first-order valence-electron chi connectivity index (χ1n) is 6.81. The summed E-state index contributed by atoms with van der Waals surface area (Å²) in [6.07, 6.45) is 3.49. The molecule has 0 aliphatic rings. The van der Waals surface area contributed by atoms with Gasteiger partial charge in [-0.05, 0) is 38.0 Å². The Balaban J connectivity index is 2.18. The number of aryl methyl sites for hydroxylation is 3. The largest absolute Gasteiger partial charge is 0.383 e. The van der Waals surface area contributed by atoms with Crippen molar-refractivity contribution in [1.82, 2.24) is 10.1 Å². The number of aromatic nitrogens is 2. The van der Waals surface area contributed by atoms with Gasteiger partial charge in [0.15, 0.2) is 0 Å². The zero-order valence-corrected chi connectivity index (χ0v) is 12.3. The van der Waals surface area contributed by atoms with Crippen molar-refractivity contribution in [3.8, 4) is 22.3 Å². The predicted octanol–water partition coefficient (Wildman–Crippen LogP) is 3.91. The van der Waals surface area contributed by atoms with Crippen molar-refractivity contribution in [3.63, 3.8) is 0 Å². The minimum absolute atomic E-state index is 0.482. The number of hydrogen-bond acceptors (Lipinski definition) is 4. The number of benzene rings is 1. The minimum Gasteiger partial charge on any atom is -0.383 e. The molecule has 0 aliphatic carbocycles. The summed E-state index contributed by atoms with van der Waals surface area (Å²) in [6.45, 7) is 6.04. The molecule has 3 rings (SSSR count). The molecule has 4 heteroatoms. The first-order chi connectivity index (χ1) is 10.1. The van der Waals surface area contributed by atoms with Crippen LogP contribution in [0, 0.1) is 20.8 Å². The van der Waals surface area contributed by atoms with Gasteiger partial charge in [-0.1, -0.05) is 28.9 Å². The van der Waals surface area contributed by atoms with Gasteiger partial charge < -0.3 is 10.3 Å². The Labute approximate surface area is 123 Å². The standard InChI is InChI=1S/C17H17N3O/c1-10-4-5-11(2)14(6-10)13-7-15(17(18)19-8-13)16-9-20-21-12(16)3/h4-9H,1-3H3,(H2,18,19). The van der Waals surface area contributed by atoms with Gasteiger partial charge >= 0.3 is 0 Å². The second kappa shape index (κ2) is 5.05. The van der Waals surface area contributed by atoms with Gasteiger partial charge in [-0.15, -0.1) is 0 Å². The van der Waals surface area contributed by atoms with Crippen molar-refractivity contribution in [2.45, 2.75) is 20.8 Å². The van der Waals surface area contributed by atoms with Crippen LogP contribution in [-0.2, 0) is 0 Å². The van der Waals surface area contributed by atoms with Crippen molar-refractivity contribution in [1.29, 1.82) is 0 Å². The van der Waals surface area contributed by atoms with Crippen molar-refractivity contribution in [3.05, 3.63) is 53.5 Å². The molecule has 3 aromatic rings. The highest BCUT2D eigenvalue weighted by molar-refractivity contribution is 5.80. The molecule has 2 aromatic heterocycles. The lowest BCUT2D eigenvalue weighted by Gasteiger charge is -2.10. The molecule has 1 aromatic carbocycles. The molecular formula is C17H17N3O. The van der Waals surface area contributed by atoms with Crippen molar-refractivity contribution < 1.29 is 4.52 Å². The van der Waals surface area contributed by atoms with Crippen LogP contribution < -0.4 is 5.73 Å². The summed E-state index contributed by atoms with van der Waals surface area (Å²) in [4.78, 5) is 4.33. The molecule has 2 heterocycles. The van der Waals surface area contributed by atoms with Crippen LogP contribution in [0.25, 0.3) is 22.3 Å². The zero-order chi connectivity index (χ0) is 15.0. The van der Waals surface area contributed by atoms with Crippen LogP contribution in [0.15, 0.2) is 41.2 Å². The molecule has 106 valence electrons. The summed E-state index contributed by atoms with van der Waals surface area (Å²) < 4.78 is 5.13. The molecule has 0 bridgehead atoms. The van der Waals surface area contributed by atoms with E-state index in [0.29, 0.717) is 5.82 Å².